The van der Waals surface area contributed by atoms with Crippen molar-refractivity contribution in [1.29, 1.82) is 5.26 Å². The maximum atomic E-state index is 12.6. The highest BCUT2D eigenvalue weighted by Crippen LogP contribution is 2.35. The van der Waals surface area contributed by atoms with Gasteiger partial charge in [-0.2, -0.15) is 5.26 Å². The molecule has 144 valence electrons. The molecule has 1 N–H and O–H groups in total. The molecule has 1 aromatic carbocycles. The number of fused-ring (bicyclic) bond motifs is 1. The lowest BCUT2D eigenvalue weighted by Gasteiger charge is -2.33. The smallest absolute Gasteiger partial charge is 0.236 e. The van der Waals surface area contributed by atoms with Crippen molar-refractivity contribution in [3.63, 3.8) is 0 Å². The van der Waals surface area contributed by atoms with Crippen LogP contribution in [0.1, 0.15) is 43.9 Å². The highest BCUT2D eigenvalue weighted by Gasteiger charge is 2.26. The number of aromatic nitrogens is 1. The zero-order valence-corrected chi connectivity index (χ0v) is 16.7. The number of piperidine rings is 1. The zero-order chi connectivity index (χ0) is 19.4. The molecule has 0 bridgehead atoms. The highest BCUT2D eigenvalue weighted by molar-refractivity contribution is 5.85. The highest BCUT2D eigenvalue weighted by atomic mass is 16.2. The summed E-state index contributed by atoms with van der Waals surface area (Å²) in [4.78, 5) is 20.2. The van der Waals surface area contributed by atoms with Crippen molar-refractivity contribution in [2.24, 2.45) is 5.92 Å². The van der Waals surface area contributed by atoms with E-state index in [1.54, 1.807) is 0 Å². The second-order valence-corrected chi connectivity index (χ2v) is 7.72. The lowest BCUT2D eigenvalue weighted by atomic mass is 9.87. The number of aryl methyl sites for hydroxylation is 1. The lowest BCUT2D eigenvalue weighted by molar-refractivity contribution is -0.132. The first-order valence-corrected chi connectivity index (χ1v) is 10.00. The molecule has 2 aromatic rings. The summed E-state index contributed by atoms with van der Waals surface area (Å²) in [5, 5.41) is 10.3. The average Bonchev–Trinajstić information content (AvgIpc) is 3.02. The van der Waals surface area contributed by atoms with E-state index in [0.29, 0.717) is 25.6 Å². The number of nitrogens with zero attached hydrogens (tertiary/aromatic N) is 3. The van der Waals surface area contributed by atoms with E-state index in [-0.39, 0.29) is 11.8 Å². The SMILES string of the molecule is CCN(CC(C)C#N)C(=O)CN1CCC(c2c(C)[nH]c3ccccc23)CC1. The second-order valence-electron chi connectivity index (χ2n) is 7.72. The van der Waals surface area contributed by atoms with Crippen LogP contribution in [0.25, 0.3) is 10.9 Å². The van der Waals surface area contributed by atoms with Gasteiger partial charge in [0.05, 0.1) is 18.5 Å². The molecule has 1 saturated heterocycles. The minimum absolute atomic E-state index is 0.121. The van der Waals surface area contributed by atoms with Gasteiger partial charge in [0.15, 0.2) is 0 Å². The number of hydrogen-bond donors (Lipinski definition) is 1. The van der Waals surface area contributed by atoms with E-state index in [0.717, 1.165) is 25.9 Å². The number of para-hydroxylation sites is 1. The Morgan fingerprint density at radius 3 is 2.74 bits per heavy atom. The summed E-state index contributed by atoms with van der Waals surface area (Å²) in [6.45, 7) is 9.55. The molecular formula is C22H30N4O. The molecule has 1 aromatic heterocycles. The van der Waals surface area contributed by atoms with Gasteiger partial charge in [-0.15, -0.1) is 0 Å². The summed E-state index contributed by atoms with van der Waals surface area (Å²) in [5.41, 5.74) is 3.94. The molecule has 0 radical (unpaired) electrons. The first kappa shape index (κ1) is 19.4. The molecule has 3 rings (SSSR count). The third kappa shape index (κ3) is 4.33. The van der Waals surface area contributed by atoms with Crippen molar-refractivity contribution in [3.8, 4) is 6.07 Å². The van der Waals surface area contributed by atoms with Crippen LogP contribution in [0.5, 0.6) is 0 Å². The molecular weight excluding hydrogens is 336 g/mol. The Morgan fingerprint density at radius 1 is 1.37 bits per heavy atom. The minimum Gasteiger partial charge on any atom is -0.358 e. The predicted octanol–water partition coefficient (Wildman–Crippen LogP) is 3.66. The molecule has 0 aliphatic carbocycles. The number of amides is 1. The summed E-state index contributed by atoms with van der Waals surface area (Å²) >= 11 is 0. The fraction of sp³-hybridized carbons (Fsp3) is 0.545. The summed E-state index contributed by atoms with van der Waals surface area (Å²) in [6.07, 6.45) is 2.16. The van der Waals surface area contributed by atoms with Crippen molar-refractivity contribution in [2.45, 2.75) is 39.5 Å². The number of carbonyl (C=O) groups is 1. The van der Waals surface area contributed by atoms with E-state index in [2.05, 4.69) is 47.1 Å². The minimum atomic E-state index is -0.121. The topological polar surface area (TPSA) is 63.1 Å². The van der Waals surface area contributed by atoms with Gasteiger partial charge >= 0.3 is 0 Å². The predicted molar refractivity (Wildman–Crippen MR) is 108 cm³/mol. The number of likely N-dealkylation sites (tertiary alicyclic amines) is 1. The van der Waals surface area contributed by atoms with E-state index in [1.165, 1.54) is 22.2 Å². The maximum absolute atomic E-state index is 12.6. The Balaban J connectivity index is 1.59. The molecule has 2 heterocycles. The van der Waals surface area contributed by atoms with Crippen LogP contribution in [0, 0.1) is 24.2 Å². The standard InChI is InChI=1S/C22H30N4O/c1-4-26(14-16(2)13-23)21(27)15-25-11-9-18(10-12-25)22-17(3)24-20-8-6-5-7-19(20)22/h5-8,16,18,24H,4,9-12,14-15H2,1-3H3. The number of hydrogen-bond acceptors (Lipinski definition) is 3. The zero-order valence-electron chi connectivity index (χ0n) is 16.7. The Kier molecular flexibility index (Phi) is 6.18. The van der Waals surface area contributed by atoms with Gasteiger partial charge in [0.25, 0.3) is 0 Å². The van der Waals surface area contributed by atoms with Crippen molar-refractivity contribution in [3.05, 3.63) is 35.5 Å². The van der Waals surface area contributed by atoms with Crippen LogP contribution >= 0.6 is 0 Å². The van der Waals surface area contributed by atoms with E-state index in [9.17, 15) is 4.79 Å². The molecule has 5 nitrogen and oxygen atoms in total. The van der Waals surface area contributed by atoms with Crippen LogP contribution in [-0.2, 0) is 4.79 Å². The van der Waals surface area contributed by atoms with Crippen molar-refractivity contribution >= 4 is 16.8 Å². The van der Waals surface area contributed by atoms with Gasteiger partial charge in [-0.3, -0.25) is 9.69 Å². The van der Waals surface area contributed by atoms with E-state index in [4.69, 9.17) is 5.26 Å². The van der Waals surface area contributed by atoms with Crippen molar-refractivity contribution in [1.82, 2.24) is 14.8 Å². The molecule has 1 unspecified atom stereocenters. The van der Waals surface area contributed by atoms with Crippen LogP contribution < -0.4 is 0 Å². The molecule has 1 aliphatic rings. The van der Waals surface area contributed by atoms with Gasteiger partial charge in [0.1, 0.15) is 0 Å². The molecule has 1 amide bonds. The fourth-order valence-corrected chi connectivity index (χ4v) is 4.27. The molecule has 1 atom stereocenters. The average molecular weight is 367 g/mol. The number of nitriles is 1. The Morgan fingerprint density at radius 2 is 2.07 bits per heavy atom. The largest absolute Gasteiger partial charge is 0.358 e. The first-order valence-electron chi connectivity index (χ1n) is 10.00. The Bertz CT molecular complexity index is 826. The van der Waals surface area contributed by atoms with Gasteiger partial charge in [-0.1, -0.05) is 18.2 Å². The van der Waals surface area contributed by atoms with E-state index in [1.807, 2.05) is 18.7 Å². The maximum Gasteiger partial charge on any atom is 0.236 e. The van der Waals surface area contributed by atoms with Crippen molar-refractivity contribution < 1.29 is 4.79 Å². The normalized spacial score (nSPS) is 17.0. The molecule has 1 fully saturated rings. The van der Waals surface area contributed by atoms with Crippen LogP contribution in [-0.4, -0.2) is 53.4 Å². The number of nitrogens with one attached hydrogen (secondary N) is 1. The third-order valence-electron chi connectivity index (χ3n) is 5.75. The van der Waals surface area contributed by atoms with Gasteiger partial charge < -0.3 is 9.88 Å². The molecule has 0 spiro atoms. The Labute approximate surface area is 161 Å². The number of carbonyl (C=O) groups excluding carboxylic acids is 1. The first-order chi connectivity index (χ1) is 13.0. The molecule has 27 heavy (non-hydrogen) atoms. The van der Waals surface area contributed by atoms with Gasteiger partial charge in [0.2, 0.25) is 5.91 Å². The van der Waals surface area contributed by atoms with Crippen LogP contribution in [0.3, 0.4) is 0 Å². The lowest BCUT2D eigenvalue weighted by Crippen LogP contribution is -2.44. The van der Waals surface area contributed by atoms with Crippen LogP contribution in [0.15, 0.2) is 24.3 Å². The summed E-state index contributed by atoms with van der Waals surface area (Å²) in [5.74, 6) is 0.569. The number of aromatic amines is 1. The fourth-order valence-electron chi connectivity index (χ4n) is 4.27. The second kappa shape index (κ2) is 8.58. The summed E-state index contributed by atoms with van der Waals surface area (Å²) in [7, 11) is 0. The molecule has 0 saturated carbocycles. The van der Waals surface area contributed by atoms with Crippen molar-refractivity contribution in [2.75, 3.05) is 32.7 Å². The number of H-pyrrole nitrogens is 1. The van der Waals surface area contributed by atoms with E-state index >= 15 is 0 Å². The molecule has 1 aliphatic heterocycles. The monoisotopic (exact) mass is 366 g/mol. The quantitative estimate of drug-likeness (QED) is 0.848. The van der Waals surface area contributed by atoms with Crippen LogP contribution in [0.4, 0.5) is 0 Å². The van der Waals surface area contributed by atoms with Gasteiger partial charge in [-0.05, 0) is 64.3 Å². The number of rotatable bonds is 6. The van der Waals surface area contributed by atoms with Gasteiger partial charge in [-0.25, -0.2) is 0 Å². The number of benzene rings is 1. The van der Waals surface area contributed by atoms with Gasteiger partial charge in [0, 0.05) is 29.7 Å². The number of likely N-dealkylation sites (N-methyl/N-ethyl adjacent to an activating group) is 1. The summed E-state index contributed by atoms with van der Waals surface area (Å²) < 4.78 is 0. The van der Waals surface area contributed by atoms with E-state index < -0.39 is 0 Å². The third-order valence-corrected chi connectivity index (χ3v) is 5.75. The summed E-state index contributed by atoms with van der Waals surface area (Å²) in [6, 6.07) is 10.7. The Hall–Kier alpha value is -2.32. The molecule has 5 heteroatoms. The van der Waals surface area contributed by atoms with Crippen LogP contribution in [0.2, 0.25) is 0 Å².